The van der Waals surface area contributed by atoms with Gasteiger partial charge in [-0.25, -0.2) is 0 Å². The Morgan fingerprint density at radius 3 is 2.65 bits per heavy atom. The van der Waals surface area contributed by atoms with Crippen molar-refractivity contribution in [2.24, 2.45) is 0 Å². The van der Waals surface area contributed by atoms with Gasteiger partial charge in [0.1, 0.15) is 12.2 Å². The minimum Gasteiger partial charge on any atom is -0.323 e. The Kier molecular flexibility index (Phi) is 5.85. The highest BCUT2D eigenvalue weighted by Gasteiger charge is 2.27. The van der Waals surface area contributed by atoms with Crippen LogP contribution in [0.4, 0.5) is 11.4 Å². The molecular weight excluding hydrogens is 448 g/mol. The van der Waals surface area contributed by atoms with Gasteiger partial charge in [-0.3, -0.25) is 19.1 Å². The third-order valence-electron chi connectivity index (χ3n) is 5.52. The average Bonchev–Trinajstić information content (AvgIpc) is 3.26. The van der Waals surface area contributed by atoms with Crippen molar-refractivity contribution < 1.29 is 9.59 Å². The van der Waals surface area contributed by atoms with Crippen LogP contribution in [0.15, 0.2) is 72.0 Å². The molecule has 34 heavy (non-hydrogen) atoms. The first-order valence-corrected chi connectivity index (χ1v) is 11.8. The zero-order valence-electron chi connectivity index (χ0n) is 18.7. The fraction of sp³-hybridized carbons (Fsp3) is 0.160. The summed E-state index contributed by atoms with van der Waals surface area (Å²) in [6, 6.07) is 19.1. The van der Waals surface area contributed by atoms with E-state index in [1.54, 1.807) is 12.3 Å². The Labute approximate surface area is 201 Å². The van der Waals surface area contributed by atoms with Crippen LogP contribution in [0.25, 0.3) is 17.2 Å². The summed E-state index contributed by atoms with van der Waals surface area (Å²) in [6.45, 7) is 4.07. The van der Waals surface area contributed by atoms with Gasteiger partial charge in [0.15, 0.2) is 11.0 Å². The van der Waals surface area contributed by atoms with Gasteiger partial charge in [0.25, 0.3) is 0 Å². The number of aryl methyl sites for hydroxylation is 2. The molecule has 1 N–H and O–H groups in total. The molecule has 0 fully saturated rings. The number of nitrogens with one attached hydrogen (secondary N) is 1. The van der Waals surface area contributed by atoms with E-state index < -0.39 is 0 Å². The van der Waals surface area contributed by atoms with Gasteiger partial charge in [0.2, 0.25) is 11.8 Å². The number of fused-ring (bicyclic) bond motifs is 1. The number of thioether (sulfide) groups is 1. The molecule has 9 heteroatoms. The lowest BCUT2D eigenvalue weighted by atomic mass is 10.1. The quantitative estimate of drug-likeness (QED) is 0.443. The van der Waals surface area contributed by atoms with Crippen LogP contribution in [0.2, 0.25) is 0 Å². The molecular formula is C25H22N6O2S. The molecule has 3 heterocycles. The molecule has 0 unspecified atom stereocenters. The van der Waals surface area contributed by atoms with Crippen LogP contribution in [0, 0.1) is 13.8 Å². The van der Waals surface area contributed by atoms with Crippen molar-refractivity contribution in [3.8, 4) is 17.2 Å². The standard InChI is InChI=1S/C25H22N6O2S/c1-16-10-11-20(17(2)13-16)31-24(19-8-5-6-12-26-19)28-29-25(31)34-15-23(33)30-14-22(32)27-18-7-3-4-9-21(18)30/h3-13H,14-15H2,1-2H3,(H,27,32). The largest absolute Gasteiger partial charge is 0.323 e. The van der Waals surface area contributed by atoms with Crippen LogP contribution >= 0.6 is 11.8 Å². The summed E-state index contributed by atoms with van der Waals surface area (Å²) < 4.78 is 1.94. The van der Waals surface area contributed by atoms with E-state index in [1.165, 1.54) is 16.7 Å². The minimum absolute atomic E-state index is 0.0145. The monoisotopic (exact) mass is 470 g/mol. The van der Waals surface area contributed by atoms with Gasteiger partial charge in [0.05, 0.1) is 22.8 Å². The summed E-state index contributed by atoms with van der Waals surface area (Å²) in [7, 11) is 0. The Bertz CT molecular complexity index is 1390. The minimum atomic E-state index is -0.215. The van der Waals surface area contributed by atoms with Crippen LogP contribution in [0.5, 0.6) is 0 Å². The van der Waals surface area contributed by atoms with Crippen molar-refractivity contribution in [1.29, 1.82) is 0 Å². The van der Waals surface area contributed by atoms with Gasteiger partial charge in [-0.05, 0) is 49.7 Å². The molecule has 8 nitrogen and oxygen atoms in total. The molecule has 2 aromatic heterocycles. The lowest BCUT2D eigenvalue weighted by Crippen LogP contribution is -2.43. The summed E-state index contributed by atoms with van der Waals surface area (Å²) in [5.41, 5.74) is 5.15. The number of nitrogens with zero attached hydrogens (tertiary/aromatic N) is 5. The normalized spacial score (nSPS) is 12.9. The van der Waals surface area contributed by atoms with Crippen LogP contribution in [-0.2, 0) is 9.59 Å². The first-order chi connectivity index (χ1) is 16.5. The predicted molar refractivity (Wildman–Crippen MR) is 132 cm³/mol. The Morgan fingerprint density at radius 1 is 1.03 bits per heavy atom. The molecule has 170 valence electrons. The molecule has 5 rings (SSSR count). The topological polar surface area (TPSA) is 93.0 Å². The fourth-order valence-electron chi connectivity index (χ4n) is 3.96. The maximum absolute atomic E-state index is 13.2. The summed E-state index contributed by atoms with van der Waals surface area (Å²) in [5, 5.41) is 12.2. The number of rotatable bonds is 5. The van der Waals surface area contributed by atoms with E-state index in [1.807, 2.05) is 66.9 Å². The van der Waals surface area contributed by atoms with Crippen molar-refractivity contribution in [1.82, 2.24) is 19.7 Å². The number of anilines is 2. The Morgan fingerprint density at radius 2 is 1.85 bits per heavy atom. The number of hydrogen-bond acceptors (Lipinski definition) is 6. The third-order valence-corrected chi connectivity index (χ3v) is 6.43. The van der Waals surface area contributed by atoms with Crippen molar-refractivity contribution in [2.45, 2.75) is 19.0 Å². The number of carbonyl (C=O) groups excluding carboxylic acids is 2. The third kappa shape index (κ3) is 4.17. The number of benzene rings is 2. The number of aromatic nitrogens is 4. The van der Waals surface area contributed by atoms with Gasteiger partial charge in [0, 0.05) is 6.20 Å². The molecule has 0 aliphatic carbocycles. The van der Waals surface area contributed by atoms with E-state index >= 15 is 0 Å². The second kappa shape index (κ2) is 9.11. The van der Waals surface area contributed by atoms with Crippen LogP contribution in [-0.4, -0.2) is 43.9 Å². The van der Waals surface area contributed by atoms with Gasteiger partial charge >= 0.3 is 0 Å². The molecule has 0 saturated heterocycles. The smallest absolute Gasteiger partial charge is 0.244 e. The zero-order chi connectivity index (χ0) is 23.7. The molecule has 0 bridgehead atoms. The highest BCUT2D eigenvalue weighted by molar-refractivity contribution is 7.99. The summed E-state index contributed by atoms with van der Waals surface area (Å²) >= 11 is 1.29. The van der Waals surface area contributed by atoms with Gasteiger partial charge < -0.3 is 10.2 Å². The van der Waals surface area contributed by atoms with E-state index in [0.717, 1.165) is 16.8 Å². The number of pyridine rings is 1. The van der Waals surface area contributed by atoms with Gasteiger partial charge in [-0.1, -0.05) is 47.7 Å². The maximum atomic E-state index is 13.2. The van der Waals surface area contributed by atoms with E-state index in [4.69, 9.17) is 0 Å². The number of para-hydroxylation sites is 2. The molecule has 0 saturated carbocycles. The molecule has 0 spiro atoms. The lowest BCUT2D eigenvalue weighted by Gasteiger charge is -2.29. The van der Waals surface area contributed by atoms with Crippen LogP contribution in [0.1, 0.15) is 11.1 Å². The van der Waals surface area contributed by atoms with Crippen LogP contribution < -0.4 is 10.2 Å². The fourth-order valence-corrected chi connectivity index (χ4v) is 4.78. The van der Waals surface area contributed by atoms with E-state index in [0.29, 0.717) is 28.0 Å². The molecule has 2 aromatic carbocycles. The molecule has 4 aromatic rings. The van der Waals surface area contributed by atoms with Crippen molar-refractivity contribution in [2.75, 3.05) is 22.5 Å². The van der Waals surface area contributed by atoms with E-state index in [9.17, 15) is 9.59 Å². The molecule has 2 amide bonds. The Hall–Kier alpha value is -3.98. The molecule has 1 aliphatic heterocycles. The van der Waals surface area contributed by atoms with Crippen LogP contribution in [0.3, 0.4) is 0 Å². The Balaban J connectivity index is 1.47. The number of amides is 2. The molecule has 1 aliphatic rings. The average molecular weight is 471 g/mol. The summed E-state index contributed by atoms with van der Waals surface area (Å²) in [4.78, 5) is 31.3. The van der Waals surface area contributed by atoms with Crippen molar-refractivity contribution in [3.63, 3.8) is 0 Å². The zero-order valence-corrected chi connectivity index (χ0v) is 19.5. The predicted octanol–water partition coefficient (Wildman–Crippen LogP) is 4.02. The summed E-state index contributed by atoms with van der Waals surface area (Å²) in [5.74, 6) is 0.312. The lowest BCUT2D eigenvalue weighted by molar-refractivity contribution is -0.120. The second-order valence-electron chi connectivity index (χ2n) is 7.98. The van der Waals surface area contributed by atoms with E-state index in [-0.39, 0.29) is 24.1 Å². The van der Waals surface area contributed by atoms with Crippen molar-refractivity contribution in [3.05, 3.63) is 78.0 Å². The first-order valence-electron chi connectivity index (χ1n) is 10.8. The van der Waals surface area contributed by atoms with Gasteiger partial charge in [-0.2, -0.15) is 0 Å². The SMILES string of the molecule is Cc1ccc(-n2c(SCC(=O)N3CC(=O)Nc4ccccc43)nnc2-c2ccccn2)c(C)c1. The van der Waals surface area contributed by atoms with E-state index in [2.05, 4.69) is 26.6 Å². The second-order valence-corrected chi connectivity index (χ2v) is 8.92. The highest BCUT2D eigenvalue weighted by atomic mass is 32.2. The van der Waals surface area contributed by atoms with Crippen molar-refractivity contribution >= 4 is 35.0 Å². The van der Waals surface area contributed by atoms with Gasteiger partial charge in [-0.15, -0.1) is 10.2 Å². The first kappa shape index (κ1) is 21.8. The summed E-state index contributed by atoms with van der Waals surface area (Å²) in [6.07, 6.45) is 1.71. The molecule has 0 atom stereocenters. The highest BCUT2D eigenvalue weighted by Crippen LogP contribution is 2.32. The molecule has 0 radical (unpaired) electrons. The number of carbonyl (C=O) groups is 2. The number of hydrogen-bond donors (Lipinski definition) is 1. The maximum Gasteiger partial charge on any atom is 0.244 e.